The van der Waals surface area contributed by atoms with Crippen LogP contribution in [0.15, 0.2) is 30.5 Å². The van der Waals surface area contributed by atoms with Gasteiger partial charge in [0.15, 0.2) is 0 Å². The lowest BCUT2D eigenvalue weighted by Gasteiger charge is -2.35. The first kappa shape index (κ1) is 30.7. The number of nitrogens with zero attached hydrogens (tertiary/aromatic N) is 2. The summed E-state index contributed by atoms with van der Waals surface area (Å²) in [4.78, 5) is 44.4. The zero-order valence-corrected chi connectivity index (χ0v) is 24.0. The molecule has 1 saturated heterocycles. The number of hydrogen-bond acceptors (Lipinski definition) is 6. The SMILES string of the molecule is CC.COc1ccc2c(O[C@@H]3C[C@@H](C(N)=O)N(C(=O)[C@@H](NC(=O)NC(C)(C)C)C(C)(C)C)C3)nccc2c1.[HH].[HH].[HH]. The van der Waals surface area contributed by atoms with E-state index in [1.165, 1.54) is 4.90 Å². The number of carbonyl (C=O) groups excluding carboxylic acids is 3. The highest BCUT2D eigenvalue weighted by molar-refractivity contribution is 5.92. The average Bonchev–Trinajstić information content (AvgIpc) is 3.25. The number of ether oxygens (including phenoxy) is 2. The van der Waals surface area contributed by atoms with Gasteiger partial charge in [0.1, 0.15) is 23.9 Å². The smallest absolute Gasteiger partial charge is 0.315 e. The first-order valence-corrected chi connectivity index (χ1v) is 13.0. The lowest BCUT2D eigenvalue weighted by Crippen LogP contribution is -2.60. The van der Waals surface area contributed by atoms with Crippen LogP contribution in [-0.4, -0.2) is 65.1 Å². The predicted octanol–water partition coefficient (Wildman–Crippen LogP) is 4.35. The molecule has 0 spiro atoms. The van der Waals surface area contributed by atoms with Crippen LogP contribution in [0.2, 0.25) is 0 Å². The Labute approximate surface area is 230 Å². The summed E-state index contributed by atoms with van der Waals surface area (Å²) in [5, 5.41) is 7.28. The van der Waals surface area contributed by atoms with Crippen LogP contribution in [0.1, 0.15) is 66.1 Å². The second-order valence-corrected chi connectivity index (χ2v) is 11.2. The molecule has 4 amide bonds. The molecule has 10 nitrogen and oxygen atoms in total. The highest BCUT2D eigenvalue weighted by Gasteiger charge is 2.45. The van der Waals surface area contributed by atoms with Crippen molar-refractivity contribution in [1.29, 1.82) is 0 Å². The molecule has 4 N–H and O–H groups in total. The van der Waals surface area contributed by atoms with E-state index in [4.69, 9.17) is 15.2 Å². The van der Waals surface area contributed by atoms with Gasteiger partial charge in [-0.25, -0.2) is 9.78 Å². The molecular formula is C28H49N5O5. The zero-order chi connectivity index (χ0) is 28.8. The Hall–Kier alpha value is -3.56. The molecule has 10 heteroatoms. The number of amides is 4. The highest BCUT2D eigenvalue weighted by atomic mass is 16.5. The van der Waals surface area contributed by atoms with Crippen molar-refractivity contribution in [2.45, 2.75) is 85.5 Å². The number of rotatable bonds is 6. The van der Waals surface area contributed by atoms with Crippen LogP contribution in [0.25, 0.3) is 10.8 Å². The van der Waals surface area contributed by atoms with E-state index in [9.17, 15) is 14.4 Å². The van der Waals surface area contributed by atoms with E-state index in [0.29, 0.717) is 11.6 Å². The van der Waals surface area contributed by atoms with Crippen molar-refractivity contribution < 1.29 is 28.1 Å². The van der Waals surface area contributed by atoms with Crippen molar-refractivity contribution in [3.63, 3.8) is 0 Å². The third-order valence-electron chi connectivity index (χ3n) is 5.96. The van der Waals surface area contributed by atoms with Crippen LogP contribution in [0, 0.1) is 5.41 Å². The van der Waals surface area contributed by atoms with E-state index in [-0.39, 0.29) is 17.2 Å². The van der Waals surface area contributed by atoms with Gasteiger partial charge in [-0.2, -0.15) is 0 Å². The molecule has 2 aromatic rings. The lowest BCUT2D eigenvalue weighted by molar-refractivity contribution is -0.141. The van der Waals surface area contributed by atoms with E-state index in [1.54, 1.807) is 13.3 Å². The summed E-state index contributed by atoms with van der Waals surface area (Å²) in [6, 6.07) is 5.18. The van der Waals surface area contributed by atoms with Crippen molar-refractivity contribution in [3.8, 4) is 11.6 Å². The molecular weight excluding hydrogens is 486 g/mol. The third-order valence-corrected chi connectivity index (χ3v) is 5.96. The number of benzene rings is 1. The first-order chi connectivity index (χ1) is 17.7. The summed E-state index contributed by atoms with van der Waals surface area (Å²) < 4.78 is 11.5. The number of nitrogens with two attached hydrogens (primary N) is 1. The molecule has 0 saturated carbocycles. The van der Waals surface area contributed by atoms with E-state index in [0.717, 1.165) is 10.8 Å². The maximum absolute atomic E-state index is 13.7. The first-order valence-electron chi connectivity index (χ1n) is 13.0. The fourth-order valence-electron chi connectivity index (χ4n) is 4.23. The number of aromatic nitrogens is 1. The fourth-order valence-corrected chi connectivity index (χ4v) is 4.23. The molecule has 38 heavy (non-hydrogen) atoms. The maximum atomic E-state index is 13.7. The van der Waals surface area contributed by atoms with E-state index < -0.39 is 47.0 Å². The summed E-state index contributed by atoms with van der Waals surface area (Å²) in [5.74, 6) is 0.0870. The molecule has 0 radical (unpaired) electrons. The monoisotopic (exact) mass is 535 g/mol. The van der Waals surface area contributed by atoms with E-state index in [1.807, 2.05) is 79.7 Å². The molecule has 1 fully saturated rings. The Kier molecular flexibility index (Phi) is 9.94. The quantitative estimate of drug-likeness (QED) is 0.503. The molecule has 0 aliphatic carbocycles. The van der Waals surface area contributed by atoms with Gasteiger partial charge in [-0.15, -0.1) is 0 Å². The zero-order valence-electron chi connectivity index (χ0n) is 24.0. The molecule has 1 aromatic carbocycles. The van der Waals surface area contributed by atoms with Crippen molar-refractivity contribution >= 4 is 28.6 Å². The molecule has 216 valence electrons. The van der Waals surface area contributed by atoms with Gasteiger partial charge in [-0.05, 0) is 55.8 Å². The van der Waals surface area contributed by atoms with Crippen LogP contribution in [0.3, 0.4) is 0 Å². The van der Waals surface area contributed by atoms with Crippen LogP contribution in [0.5, 0.6) is 11.6 Å². The molecule has 3 atom stereocenters. The minimum absolute atomic E-state index is 0. The third kappa shape index (κ3) is 7.72. The van der Waals surface area contributed by atoms with Crippen molar-refractivity contribution in [1.82, 2.24) is 20.5 Å². The van der Waals surface area contributed by atoms with E-state index >= 15 is 0 Å². The molecule has 1 aliphatic rings. The molecule has 3 rings (SSSR count). The summed E-state index contributed by atoms with van der Waals surface area (Å²) in [5.41, 5.74) is 4.58. The number of hydrogen-bond donors (Lipinski definition) is 3. The van der Waals surface area contributed by atoms with Crippen LogP contribution >= 0.6 is 0 Å². The normalized spacial score (nSPS) is 18.2. The lowest BCUT2D eigenvalue weighted by atomic mass is 9.85. The van der Waals surface area contributed by atoms with Gasteiger partial charge in [0, 0.05) is 27.8 Å². The summed E-state index contributed by atoms with van der Waals surface area (Å²) in [7, 11) is 1.60. The van der Waals surface area contributed by atoms with Gasteiger partial charge in [-0.1, -0.05) is 34.6 Å². The topological polar surface area (TPSA) is 136 Å². The molecule has 2 heterocycles. The van der Waals surface area contributed by atoms with Crippen LogP contribution < -0.4 is 25.8 Å². The van der Waals surface area contributed by atoms with Crippen molar-refractivity contribution in [3.05, 3.63) is 30.5 Å². The number of likely N-dealkylation sites (tertiary alicyclic amines) is 1. The largest absolute Gasteiger partial charge is 0.497 e. The number of urea groups is 1. The standard InChI is InChI=1S/C26H37N5O5.C2H6.3H2/c1-25(2,3)20(29-24(34)30-26(4,5)6)23(33)31-14-17(13-19(31)21(27)32)36-22-18-9-8-16(35-7)12-15(18)10-11-28-22;1-2;;;/h8-12,17,19-20H,13-14H2,1-7H3,(H2,27,32)(H2,29,30,34);1-2H3;3*1H/t17-,19+,20-;;;;/m1..../s1. The number of primary amides is 1. The second-order valence-electron chi connectivity index (χ2n) is 11.2. The Morgan fingerprint density at radius 3 is 2.34 bits per heavy atom. The Balaban J connectivity index is 0. The Morgan fingerprint density at radius 2 is 1.79 bits per heavy atom. The number of methoxy groups -OCH3 is 1. The number of nitrogens with one attached hydrogen (secondary N) is 2. The van der Waals surface area contributed by atoms with Gasteiger partial charge in [0.25, 0.3) is 0 Å². The molecule has 0 bridgehead atoms. The Morgan fingerprint density at radius 1 is 1.13 bits per heavy atom. The highest BCUT2D eigenvalue weighted by Crippen LogP contribution is 2.31. The van der Waals surface area contributed by atoms with Crippen molar-refractivity contribution in [2.24, 2.45) is 11.1 Å². The predicted molar refractivity (Wildman–Crippen MR) is 154 cm³/mol. The minimum Gasteiger partial charge on any atom is -0.497 e. The Bertz CT molecular complexity index is 1150. The summed E-state index contributed by atoms with van der Waals surface area (Å²) >= 11 is 0. The summed E-state index contributed by atoms with van der Waals surface area (Å²) in [6.45, 7) is 15.2. The van der Waals surface area contributed by atoms with Gasteiger partial charge < -0.3 is 30.7 Å². The summed E-state index contributed by atoms with van der Waals surface area (Å²) in [6.07, 6.45) is 1.35. The van der Waals surface area contributed by atoms with Crippen molar-refractivity contribution in [2.75, 3.05) is 13.7 Å². The number of fused-ring (bicyclic) bond motifs is 1. The maximum Gasteiger partial charge on any atom is 0.315 e. The number of pyridine rings is 1. The van der Waals surface area contributed by atoms with Gasteiger partial charge >= 0.3 is 6.03 Å². The second kappa shape index (κ2) is 12.3. The average molecular weight is 536 g/mol. The minimum atomic E-state index is -0.886. The van der Waals surface area contributed by atoms with Gasteiger partial charge in [-0.3, -0.25) is 9.59 Å². The van der Waals surface area contributed by atoms with Crippen LogP contribution in [0.4, 0.5) is 4.79 Å². The molecule has 1 aliphatic heterocycles. The van der Waals surface area contributed by atoms with Gasteiger partial charge in [0.2, 0.25) is 17.7 Å². The number of carbonyl (C=O) groups is 3. The molecule has 1 aromatic heterocycles. The van der Waals surface area contributed by atoms with Crippen LogP contribution in [-0.2, 0) is 9.59 Å². The van der Waals surface area contributed by atoms with E-state index in [2.05, 4.69) is 15.6 Å². The fraction of sp³-hybridized carbons (Fsp3) is 0.571. The molecule has 0 unspecified atom stereocenters. The van der Waals surface area contributed by atoms with Gasteiger partial charge in [0.05, 0.1) is 13.7 Å².